The number of rotatable bonds is 0. The Balaban J connectivity index is 2.38. The largest absolute Gasteiger partial charge is 0.392 e. The van der Waals surface area contributed by atoms with E-state index in [1.807, 2.05) is 11.9 Å². The van der Waals surface area contributed by atoms with Crippen LogP contribution < -0.4 is 0 Å². The summed E-state index contributed by atoms with van der Waals surface area (Å²) in [5.41, 5.74) is 0. The van der Waals surface area contributed by atoms with Gasteiger partial charge in [0.15, 0.2) is 0 Å². The third kappa shape index (κ3) is 2.23. The number of aliphatic hydroxyl groups is 1. The summed E-state index contributed by atoms with van der Waals surface area (Å²) in [4.78, 5) is 1.84. The molecule has 0 aromatic carbocycles. The standard InChI is InChI=1S/C7H14FNO/c1-9-4-6(8)2-3-7(10)5-9/h6-7,10H,2-5H2,1H3. The second kappa shape index (κ2) is 3.30. The van der Waals surface area contributed by atoms with E-state index in [4.69, 9.17) is 5.11 Å². The van der Waals surface area contributed by atoms with Crippen LogP contribution in [0.3, 0.4) is 0 Å². The van der Waals surface area contributed by atoms with Crippen molar-refractivity contribution >= 4 is 0 Å². The van der Waals surface area contributed by atoms with Gasteiger partial charge in [-0.15, -0.1) is 0 Å². The van der Waals surface area contributed by atoms with Crippen LogP contribution >= 0.6 is 0 Å². The second-order valence-electron chi connectivity index (χ2n) is 3.05. The highest BCUT2D eigenvalue weighted by Gasteiger charge is 2.19. The van der Waals surface area contributed by atoms with E-state index in [0.717, 1.165) is 0 Å². The van der Waals surface area contributed by atoms with Crippen LogP contribution in [0.15, 0.2) is 0 Å². The molecule has 60 valence electrons. The Morgan fingerprint density at radius 3 is 2.80 bits per heavy atom. The van der Waals surface area contributed by atoms with E-state index < -0.39 is 6.17 Å². The topological polar surface area (TPSA) is 23.5 Å². The number of likely N-dealkylation sites (tertiary alicyclic amines) is 1. The number of hydrogen-bond acceptors (Lipinski definition) is 2. The zero-order chi connectivity index (χ0) is 7.56. The molecule has 1 fully saturated rings. The van der Waals surface area contributed by atoms with Crippen LogP contribution in [0.1, 0.15) is 12.8 Å². The first-order valence-corrected chi connectivity index (χ1v) is 3.69. The van der Waals surface area contributed by atoms with Crippen LogP contribution in [0.25, 0.3) is 0 Å². The number of halogens is 1. The molecule has 1 aliphatic rings. The van der Waals surface area contributed by atoms with E-state index in [1.54, 1.807) is 0 Å². The van der Waals surface area contributed by atoms with Gasteiger partial charge < -0.3 is 10.0 Å². The molecule has 2 nitrogen and oxygen atoms in total. The molecule has 1 rings (SSSR count). The van der Waals surface area contributed by atoms with Crippen molar-refractivity contribution in [3.8, 4) is 0 Å². The lowest BCUT2D eigenvalue weighted by Crippen LogP contribution is -2.29. The molecule has 0 saturated carbocycles. The highest BCUT2D eigenvalue weighted by Crippen LogP contribution is 2.11. The molecule has 0 aromatic rings. The fraction of sp³-hybridized carbons (Fsp3) is 1.00. The first-order valence-electron chi connectivity index (χ1n) is 3.69. The summed E-state index contributed by atoms with van der Waals surface area (Å²) >= 11 is 0. The van der Waals surface area contributed by atoms with Crippen LogP contribution in [0.2, 0.25) is 0 Å². The molecule has 10 heavy (non-hydrogen) atoms. The molecule has 0 spiro atoms. The van der Waals surface area contributed by atoms with Crippen molar-refractivity contribution in [3.63, 3.8) is 0 Å². The van der Waals surface area contributed by atoms with E-state index in [-0.39, 0.29) is 6.10 Å². The van der Waals surface area contributed by atoms with Gasteiger partial charge in [-0.3, -0.25) is 0 Å². The zero-order valence-corrected chi connectivity index (χ0v) is 6.26. The monoisotopic (exact) mass is 147 g/mol. The van der Waals surface area contributed by atoms with Crippen LogP contribution in [0.4, 0.5) is 4.39 Å². The van der Waals surface area contributed by atoms with Gasteiger partial charge in [-0.2, -0.15) is 0 Å². The molecular weight excluding hydrogens is 133 g/mol. The summed E-state index contributed by atoms with van der Waals surface area (Å²) in [7, 11) is 1.83. The van der Waals surface area contributed by atoms with Gasteiger partial charge in [0, 0.05) is 13.1 Å². The maximum Gasteiger partial charge on any atom is 0.113 e. The normalized spacial score (nSPS) is 37.5. The summed E-state index contributed by atoms with van der Waals surface area (Å²) in [5.74, 6) is 0. The van der Waals surface area contributed by atoms with Crippen molar-refractivity contribution in [2.45, 2.75) is 25.1 Å². The molecule has 3 heteroatoms. The molecule has 0 radical (unpaired) electrons. The molecule has 0 aromatic heterocycles. The van der Waals surface area contributed by atoms with E-state index >= 15 is 0 Å². The molecule has 2 atom stereocenters. The second-order valence-corrected chi connectivity index (χ2v) is 3.05. The number of β-amino-alcohol motifs (C(OH)–C–C–N with tert-alkyl or cyclic N) is 1. The Hall–Kier alpha value is -0.150. The van der Waals surface area contributed by atoms with Crippen molar-refractivity contribution < 1.29 is 9.50 Å². The van der Waals surface area contributed by atoms with Crippen molar-refractivity contribution in [1.29, 1.82) is 0 Å². The fourth-order valence-corrected chi connectivity index (χ4v) is 1.33. The number of alkyl halides is 1. The molecule has 1 heterocycles. The van der Waals surface area contributed by atoms with Crippen molar-refractivity contribution in [3.05, 3.63) is 0 Å². The zero-order valence-electron chi connectivity index (χ0n) is 6.26. The highest BCUT2D eigenvalue weighted by molar-refractivity contribution is 4.72. The van der Waals surface area contributed by atoms with E-state index in [9.17, 15) is 4.39 Å². The molecule has 0 amide bonds. The van der Waals surface area contributed by atoms with E-state index in [0.29, 0.717) is 25.9 Å². The quantitative estimate of drug-likeness (QED) is 0.536. The number of aliphatic hydroxyl groups excluding tert-OH is 1. The minimum Gasteiger partial charge on any atom is -0.392 e. The lowest BCUT2D eigenvalue weighted by molar-refractivity contribution is 0.132. The first kappa shape index (κ1) is 7.95. The van der Waals surface area contributed by atoms with E-state index in [2.05, 4.69) is 0 Å². The van der Waals surface area contributed by atoms with Crippen LogP contribution in [-0.2, 0) is 0 Å². The summed E-state index contributed by atoms with van der Waals surface area (Å²) in [6, 6.07) is 0. The maximum absolute atomic E-state index is 12.7. The number of hydrogen-bond donors (Lipinski definition) is 1. The van der Waals surface area contributed by atoms with Crippen molar-refractivity contribution in [2.24, 2.45) is 0 Å². The van der Waals surface area contributed by atoms with E-state index in [1.165, 1.54) is 0 Å². The minimum atomic E-state index is -0.748. The van der Waals surface area contributed by atoms with Crippen LogP contribution in [0, 0.1) is 0 Å². The molecule has 1 saturated heterocycles. The predicted octanol–water partition coefficient (Wildman–Crippen LogP) is 0.411. The lowest BCUT2D eigenvalue weighted by Gasteiger charge is -2.15. The van der Waals surface area contributed by atoms with Gasteiger partial charge >= 0.3 is 0 Å². The highest BCUT2D eigenvalue weighted by atomic mass is 19.1. The lowest BCUT2D eigenvalue weighted by atomic mass is 10.2. The molecule has 2 unspecified atom stereocenters. The Labute approximate surface area is 60.6 Å². The minimum absolute atomic E-state index is 0.328. The van der Waals surface area contributed by atoms with Gasteiger partial charge in [0.25, 0.3) is 0 Å². The Morgan fingerprint density at radius 2 is 2.10 bits per heavy atom. The molecule has 1 N–H and O–H groups in total. The maximum atomic E-state index is 12.7. The smallest absolute Gasteiger partial charge is 0.113 e. The third-order valence-corrected chi connectivity index (χ3v) is 1.85. The summed E-state index contributed by atoms with van der Waals surface area (Å²) in [6.45, 7) is 1.08. The van der Waals surface area contributed by atoms with Gasteiger partial charge in [-0.25, -0.2) is 4.39 Å². The van der Waals surface area contributed by atoms with Crippen molar-refractivity contribution in [2.75, 3.05) is 20.1 Å². The average Bonchev–Trinajstić information content (AvgIpc) is 1.93. The number of likely N-dealkylation sites (N-methyl/N-ethyl adjacent to an activating group) is 1. The van der Waals surface area contributed by atoms with Crippen LogP contribution in [-0.4, -0.2) is 42.4 Å². The molecule has 1 aliphatic heterocycles. The van der Waals surface area contributed by atoms with Gasteiger partial charge in [-0.05, 0) is 19.9 Å². The SMILES string of the molecule is CN1CC(O)CCC(F)C1. The van der Waals surface area contributed by atoms with Crippen molar-refractivity contribution in [1.82, 2.24) is 4.90 Å². The van der Waals surface area contributed by atoms with Gasteiger partial charge in [0.05, 0.1) is 6.10 Å². The van der Waals surface area contributed by atoms with Gasteiger partial charge in [0.2, 0.25) is 0 Å². The molecule has 0 aliphatic carbocycles. The molecular formula is C7H14FNO. The Morgan fingerprint density at radius 1 is 1.40 bits per heavy atom. The fourth-order valence-electron chi connectivity index (χ4n) is 1.33. The van der Waals surface area contributed by atoms with Gasteiger partial charge in [-0.1, -0.05) is 0 Å². The summed E-state index contributed by atoms with van der Waals surface area (Å²) in [6.07, 6.45) is 0.0321. The Kier molecular flexibility index (Phi) is 2.63. The molecule has 0 bridgehead atoms. The third-order valence-electron chi connectivity index (χ3n) is 1.85. The Bertz CT molecular complexity index is 97.8. The summed E-state index contributed by atoms with van der Waals surface area (Å²) < 4.78 is 12.7. The predicted molar refractivity (Wildman–Crippen MR) is 37.6 cm³/mol. The first-order chi connectivity index (χ1) is 4.68. The van der Waals surface area contributed by atoms with Crippen LogP contribution in [0.5, 0.6) is 0 Å². The summed E-state index contributed by atoms with van der Waals surface area (Å²) in [5, 5.41) is 9.17. The number of nitrogens with zero attached hydrogens (tertiary/aromatic N) is 1. The average molecular weight is 147 g/mol. The van der Waals surface area contributed by atoms with Gasteiger partial charge in [0.1, 0.15) is 6.17 Å².